The van der Waals surface area contributed by atoms with Gasteiger partial charge in [-0.2, -0.15) is 0 Å². The van der Waals surface area contributed by atoms with Gasteiger partial charge in [0, 0.05) is 17.5 Å². The summed E-state index contributed by atoms with van der Waals surface area (Å²) in [6, 6.07) is 2.43. The third-order valence-electron chi connectivity index (χ3n) is 2.92. The molecular weight excluding hydrogens is 244 g/mol. The highest BCUT2D eigenvalue weighted by molar-refractivity contribution is 7.10. The highest BCUT2D eigenvalue weighted by atomic mass is 32.1. The molecule has 0 saturated carbocycles. The summed E-state index contributed by atoms with van der Waals surface area (Å²) in [6.07, 6.45) is 3.20. The fourth-order valence-electron chi connectivity index (χ4n) is 1.96. The van der Waals surface area contributed by atoms with Gasteiger partial charge in [-0.25, -0.2) is 0 Å². The fourth-order valence-corrected chi connectivity index (χ4v) is 2.90. The van der Waals surface area contributed by atoms with Gasteiger partial charge >= 0.3 is 0 Å². The minimum absolute atomic E-state index is 0.0885. The summed E-state index contributed by atoms with van der Waals surface area (Å²) in [4.78, 5) is 13.0. The van der Waals surface area contributed by atoms with Crippen molar-refractivity contribution in [2.75, 3.05) is 6.54 Å². The van der Waals surface area contributed by atoms with E-state index in [0.717, 1.165) is 25.8 Å². The molecule has 0 aromatic carbocycles. The van der Waals surface area contributed by atoms with Crippen LogP contribution in [0.1, 0.15) is 44.1 Å². The Hall–Kier alpha value is -0.870. The zero-order chi connectivity index (χ0) is 13.4. The van der Waals surface area contributed by atoms with Crippen molar-refractivity contribution in [2.24, 2.45) is 0 Å². The number of aryl methyl sites for hydroxylation is 1. The van der Waals surface area contributed by atoms with E-state index in [1.54, 1.807) is 11.3 Å². The third-order valence-corrected chi connectivity index (χ3v) is 3.88. The van der Waals surface area contributed by atoms with Crippen molar-refractivity contribution in [3.8, 4) is 0 Å². The normalized spacial score (nSPS) is 12.4. The van der Waals surface area contributed by atoms with E-state index in [9.17, 15) is 4.79 Å². The smallest absolute Gasteiger partial charge is 0.234 e. The first kappa shape index (κ1) is 15.2. The Bertz CT molecular complexity index is 362. The number of rotatable bonds is 8. The van der Waals surface area contributed by atoms with Gasteiger partial charge in [-0.05, 0) is 36.8 Å². The van der Waals surface area contributed by atoms with Gasteiger partial charge in [0.25, 0.3) is 0 Å². The second kappa shape index (κ2) is 8.27. The number of nitrogens with one attached hydrogen (secondary N) is 2. The van der Waals surface area contributed by atoms with Crippen molar-refractivity contribution >= 4 is 17.2 Å². The van der Waals surface area contributed by atoms with Crippen LogP contribution in [0.15, 0.2) is 11.4 Å². The van der Waals surface area contributed by atoms with Crippen LogP contribution in [0.4, 0.5) is 0 Å². The summed E-state index contributed by atoms with van der Waals surface area (Å²) >= 11 is 1.75. The largest absolute Gasteiger partial charge is 0.353 e. The van der Waals surface area contributed by atoms with Crippen LogP contribution < -0.4 is 10.6 Å². The van der Waals surface area contributed by atoms with Gasteiger partial charge < -0.3 is 10.6 Å². The lowest BCUT2D eigenvalue weighted by Gasteiger charge is -2.13. The maximum Gasteiger partial charge on any atom is 0.234 e. The van der Waals surface area contributed by atoms with Gasteiger partial charge in [-0.1, -0.05) is 20.3 Å². The highest BCUT2D eigenvalue weighted by Crippen LogP contribution is 2.16. The number of hydrogen-bond acceptors (Lipinski definition) is 3. The number of carbonyl (C=O) groups is 1. The molecular formula is C14H24N2OS. The maximum absolute atomic E-state index is 11.6. The first-order chi connectivity index (χ1) is 8.67. The van der Waals surface area contributed by atoms with Crippen molar-refractivity contribution in [3.63, 3.8) is 0 Å². The molecule has 1 amide bonds. The van der Waals surface area contributed by atoms with Crippen LogP contribution in [0.5, 0.6) is 0 Å². The Morgan fingerprint density at radius 1 is 1.44 bits per heavy atom. The monoisotopic (exact) mass is 268 g/mol. The van der Waals surface area contributed by atoms with E-state index >= 15 is 0 Å². The Kier molecular flexibility index (Phi) is 6.98. The summed E-state index contributed by atoms with van der Waals surface area (Å²) in [5, 5.41) is 8.31. The van der Waals surface area contributed by atoms with Crippen molar-refractivity contribution in [1.82, 2.24) is 10.6 Å². The van der Waals surface area contributed by atoms with Gasteiger partial charge in [0.05, 0.1) is 6.54 Å². The molecule has 2 N–H and O–H groups in total. The summed E-state index contributed by atoms with van der Waals surface area (Å²) in [6.45, 7) is 7.52. The van der Waals surface area contributed by atoms with E-state index < -0.39 is 0 Å². The van der Waals surface area contributed by atoms with Gasteiger partial charge in [0.2, 0.25) is 5.91 Å². The Morgan fingerprint density at radius 3 is 2.89 bits per heavy atom. The van der Waals surface area contributed by atoms with E-state index in [4.69, 9.17) is 0 Å². The van der Waals surface area contributed by atoms with E-state index in [0.29, 0.717) is 6.54 Å². The fraction of sp³-hybridized carbons (Fsp3) is 0.643. The lowest BCUT2D eigenvalue weighted by molar-refractivity contribution is -0.120. The van der Waals surface area contributed by atoms with E-state index in [1.165, 1.54) is 10.4 Å². The van der Waals surface area contributed by atoms with Gasteiger partial charge in [-0.15, -0.1) is 11.3 Å². The number of amides is 1. The molecule has 1 aromatic rings. The molecule has 0 bridgehead atoms. The lowest BCUT2D eigenvalue weighted by atomic mass is 10.2. The van der Waals surface area contributed by atoms with Gasteiger partial charge in [-0.3, -0.25) is 4.79 Å². The topological polar surface area (TPSA) is 41.1 Å². The molecule has 0 radical (unpaired) electrons. The molecule has 0 aliphatic rings. The number of carbonyl (C=O) groups excluding carboxylic acids is 1. The second-order valence-electron chi connectivity index (χ2n) is 4.58. The highest BCUT2D eigenvalue weighted by Gasteiger charge is 2.07. The molecule has 102 valence electrons. The lowest BCUT2D eigenvalue weighted by Crippen LogP contribution is -2.38. The molecule has 1 rings (SSSR count). The SMILES string of the molecule is CCCC(C)NC(=O)CNCc1sccc1CC. The predicted molar refractivity (Wildman–Crippen MR) is 77.9 cm³/mol. The van der Waals surface area contributed by atoms with Gasteiger partial charge in [0.15, 0.2) is 0 Å². The van der Waals surface area contributed by atoms with Crippen molar-refractivity contribution in [1.29, 1.82) is 0 Å². The standard InChI is InChI=1S/C14H24N2OS/c1-4-6-11(3)16-14(17)10-15-9-13-12(5-2)7-8-18-13/h7-8,11,15H,4-6,9-10H2,1-3H3,(H,16,17). The Morgan fingerprint density at radius 2 is 2.22 bits per heavy atom. The molecule has 0 spiro atoms. The Balaban J connectivity index is 2.23. The molecule has 0 fully saturated rings. The Labute approximate surface area is 114 Å². The average Bonchev–Trinajstić information content (AvgIpc) is 2.76. The molecule has 0 aliphatic heterocycles. The molecule has 1 aromatic heterocycles. The van der Waals surface area contributed by atoms with Crippen LogP contribution in [-0.2, 0) is 17.8 Å². The predicted octanol–water partition coefficient (Wildman–Crippen LogP) is 2.70. The van der Waals surface area contributed by atoms with Gasteiger partial charge in [0.1, 0.15) is 0 Å². The van der Waals surface area contributed by atoms with Crippen LogP contribution in [-0.4, -0.2) is 18.5 Å². The van der Waals surface area contributed by atoms with Crippen LogP contribution >= 0.6 is 11.3 Å². The number of hydrogen-bond donors (Lipinski definition) is 2. The average molecular weight is 268 g/mol. The molecule has 3 nitrogen and oxygen atoms in total. The van der Waals surface area contributed by atoms with Crippen LogP contribution in [0, 0.1) is 0 Å². The maximum atomic E-state index is 11.6. The third kappa shape index (κ3) is 5.19. The first-order valence-electron chi connectivity index (χ1n) is 6.72. The second-order valence-corrected chi connectivity index (χ2v) is 5.58. The van der Waals surface area contributed by atoms with E-state index in [-0.39, 0.29) is 11.9 Å². The van der Waals surface area contributed by atoms with Crippen LogP contribution in [0.3, 0.4) is 0 Å². The molecule has 0 aliphatic carbocycles. The quantitative estimate of drug-likeness (QED) is 0.761. The van der Waals surface area contributed by atoms with Crippen LogP contribution in [0.2, 0.25) is 0 Å². The molecule has 4 heteroatoms. The summed E-state index contributed by atoms with van der Waals surface area (Å²) in [7, 11) is 0. The molecule has 18 heavy (non-hydrogen) atoms. The molecule has 1 atom stereocenters. The first-order valence-corrected chi connectivity index (χ1v) is 7.60. The minimum Gasteiger partial charge on any atom is -0.353 e. The van der Waals surface area contributed by atoms with Crippen molar-refractivity contribution < 1.29 is 4.79 Å². The van der Waals surface area contributed by atoms with E-state index in [2.05, 4.69) is 42.9 Å². The van der Waals surface area contributed by atoms with E-state index in [1.807, 2.05) is 0 Å². The van der Waals surface area contributed by atoms with Crippen molar-refractivity contribution in [2.45, 2.75) is 52.6 Å². The summed E-state index contributed by atoms with van der Waals surface area (Å²) < 4.78 is 0. The zero-order valence-electron chi connectivity index (χ0n) is 11.6. The molecule has 0 saturated heterocycles. The molecule has 1 heterocycles. The summed E-state index contributed by atoms with van der Waals surface area (Å²) in [5.41, 5.74) is 1.38. The molecule has 1 unspecified atom stereocenters. The number of thiophene rings is 1. The minimum atomic E-state index is 0.0885. The van der Waals surface area contributed by atoms with Crippen LogP contribution in [0.25, 0.3) is 0 Å². The summed E-state index contributed by atoms with van der Waals surface area (Å²) in [5.74, 6) is 0.0885. The van der Waals surface area contributed by atoms with Crippen molar-refractivity contribution in [3.05, 3.63) is 21.9 Å². The zero-order valence-corrected chi connectivity index (χ0v) is 12.4.